The Hall–Kier alpha value is -3.06. The van der Waals surface area contributed by atoms with Gasteiger partial charge in [-0.1, -0.05) is 18.2 Å². The van der Waals surface area contributed by atoms with Gasteiger partial charge in [0.15, 0.2) is 11.5 Å². The fourth-order valence-electron chi connectivity index (χ4n) is 3.18. The minimum Gasteiger partial charge on any atom is -0.454 e. The predicted octanol–water partition coefficient (Wildman–Crippen LogP) is 2.78. The number of nitrogens with one attached hydrogen (secondary N) is 2. The summed E-state index contributed by atoms with van der Waals surface area (Å²) in [5.41, 5.74) is 3.88. The molecule has 1 aliphatic heterocycles. The molecule has 1 atom stereocenters. The number of hydrogen-bond donors (Lipinski definition) is 2. The number of nitrogens with zero attached hydrogens (tertiary/aromatic N) is 1. The van der Waals surface area contributed by atoms with Gasteiger partial charge >= 0.3 is 0 Å². The topological polar surface area (TPSA) is 79.9 Å². The molecule has 1 heterocycles. The average Bonchev–Trinajstić information content (AvgIpc) is 3.12. The lowest BCUT2D eigenvalue weighted by Gasteiger charge is -2.19. The maximum Gasteiger partial charge on any atom is 0.238 e. The van der Waals surface area contributed by atoms with E-state index in [-0.39, 0.29) is 37.7 Å². The Labute approximate surface area is 171 Å². The van der Waals surface area contributed by atoms with Crippen LogP contribution in [0.5, 0.6) is 11.5 Å². The molecule has 7 heteroatoms. The van der Waals surface area contributed by atoms with E-state index in [1.165, 1.54) is 0 Å². The van der Waals surface area contributed by atoms with Crippen LogP contribution in [0.15, 0.2) is 36.4 Å². The number of carbonyl (C=O) groups excluding carboxylic acids is 2. The van der Waals surface area contributed by atoms with E-state index >= 15 is 0 Å². The molecule has 2 amide bonds. The molecule has 7 nitrogen and oxygen atoms in total. The Balaban J connectivity index is 1.48. The maximum atomic E-state index is 12.4. The van der Waals surface area contributed by atoms with Crippen LogP contribution in [0.1, 0.15) is 29.7 Å². The number of anilines is 1. The normalized spacial score (nSPS) is 13.3. The third-order valence-electron chi connectivity index (χ3n) is 4.98. The number of fused-ring (bicyclic) bond motifs is 1. The van der Waals surface area contributed by atoms with Crippen LogP contribution >= 0.6 is 0 Å². The highest BCUT2D eigenvalue weighted by Crippen LogP contribution is 2.34. The number of benzene rings is 2. The fourth-order valence-corrected chi connectivity index (χ4v) is 3.18. The minimum absolute atomic E-state index is 0.120. The van der Waals surface area contributed by atoms with Crippen molar-refractivity contribution in [1.82, 2.24) is 10.2 Å². The summed E-state index contributed by atoms with van der Waals surface area (Å²) in [7, 11) is 1.74. The summed E-state index contributed by atoms with van der Waals surface area (Å²) < 4.78 is 10.7. The van der Waals surface area contributed by atoms with Crippen molar-refractivity contribution < 1.29 is 19.1 Å². The third-order valence-corrected chi connectivity index (χ3v) is 4.98. The Morgan fingerprint density at radius 3 is 2.59 bits per heavy atom. The summed E-state index contributed by atoms with van der Waals surface area (Å²) in [6, 6.07) is 11.2. The van der Waals surface area contributed by atoms with E-state index in [0.29, 0.717) is 11.5 Å². The van der Waals surface area contributed by atoms with Crippen molar-refractivity contribution in [1.29, 1.82) is 0 Å². The van der Waals surface area contributed by atoms with Crippen LogP contribution in [-0.4, -0.2) is 43.6 Å². The molecule has 0 radical (unpaired) electrons. The summed E-state index contributed by atoms with van der Waals surface area (Å²) in [5.74, 6) is 1.08. The van der Waals surface area contributed by atoms with Gasteiger partial charge in [0.05, 0.1) is 19.1 Å². The number of likely N-dealkylation sites (N-methyl/N-ethyl adjacent to an activating group) is 1. The van der Waals surface area contributed by atoms with E-state index in [1.54, 1.807) is 11.9 Å². The van der Waals surface area contributed by atoms with Gasteiger partial charge in [-0.3, -0.25) is 14.5 Å². The van der Waals surface area contributed by atoms with E-state index in [1.807, 2.05) is 57.2 Å². The van der Waals surface area contributed by atoms with E-state index < -0.39 is 0 Å². The predicted molar refractivity (Wildman–Crippen MR) is 111 cm³/mol. The zero-order valence-corrected chi connectivity index (χ0v) is 17.2. The lowest BCUT2D eigenvalue weighted by molar-refractivity contribution is -0.123. The first-order valence-electron chi connectivity index (χ1n) is 9.57. The van der Waals surface area contributed by atoms with Crippen LogP contribution in [0.4, 0.5) is 5.69 Å². The molecule has 0 aliphatic carbocycles. The van der Waals surface area contributed by atoms with Gasteiger partial charge in [-0.15, -0.1) is 0 Å². The molecule has 29 heavy (non-hydrogen) atoms. The Bertz CT molecular complexity index is 913. The van der Waals surface area contributed by atoms with Crippen molar-refractivity contribution in [2.24, 2.45) is 0 Å². The van der Waals surface area contributed by atoms with E-state index in [4.69, 9.17) is 9.47 Å². The van der Waals surface area contributed by atoms with Gasteiger partial charge in [0.1, 0.15) is 0 Å². The number of rotatable bonds is 7. The van der Waals surface area contributed by atoms with Gasteiger partial charge < -0.3 is 20.1 Å². The SMILES string of the molecule is Cc1cccc(NC(=O)CN(C)CC(=O)N[C@H](C)c2ccc3c(c2)OCO3)c1C. The van der Waals surface area contributed by atoms with Crippen LogP contribution in [-0.2, 0) is 9.59 Å². The van der Waals surface area contributed by atoms with Crippen molar-refractivity contribution in [2.45, 2.75) is 26.8 Å². The minimum atomic E-state index is -0.186. The second kappa shape index (κ2) is 8.96. The number of ether oxygens (including phenoxy) is 2. The molecule has 0 spiro atoms. The first-order valence-corrected chi connectivity index (χ1v) is 9.57. The molecule has 0 saturated heterocycles. The van der Waals surface area contributed by atoms with E-state index in [2.05, 4.69) is 10.6 Å². The molecule has 0 unspecified atom stereocenters. The molecule has 154 valence electrons. The van der Waals surface area contributed by atoms with Crippen LogP contribution in [0.2, 0.25) is 0 Å². The highest BCUT2D eigenvalue weighted by atomic mass is 16.7. The summed E-state index contributed by atoms with van der Waals surface area (Å²) in [6.07, 6.45) is 0. The van der Waals surface area contributed by atoms with E-state index in [0.717, 1.165) is 22.4 Å². The quantitative estimate of drug-likeness (QED) is 0.751. The number of hydrogen-bond acceptors (Lipinski definition) is 5. The number of amides is 2. The largest absolute Gasteiger partial charge is 0.454 e. The molecule has 2 aromatic carbocycles. The van der Waals surface area contributed by atoms with Gasteiger partial charge in [0, 0.05) is 5.69 Å². The second-order valence-electron chi connectivity index (χ2n) is 7.37. The first-order chi connectivity index (χ1) is 13.8. The van der Waals surface area contributed by atoms with Crippen molar-refractivity contribution in [3.8, 4) is 11.5 Å². The smallest absolute Gasteiger partial charge is 0.238 e. The summed E-state index contributed by atoms with van der Waals surface area (Å²) >= 11 is 0. The molecule has 2 aromatic rings. The molecule has 0 fully saturated rings. The monoisotopic (exact) mass is 397 g/mol. The first kappa shape index (κ1) is 20.7. The zero-order valence-electron chi connectivity index (χ0n) is 17.2. The number of aryl methyl sites for hydroxylation is 1. The summed E-state index contributed by atoms with van der Waals surface area (Å²) in [6.45, 7) is 6.34. The van der Waals surface area contributed by atoms with Crippen molar-refractivity contribution in [3.63, 3.8) is 0 Å². The number of carbonyl (C=O) groups is 2. The molecule has 3 rings (SSSR count). The van der Waals surface area contributed by atoms with Crippen LogP contribution in [0, 0.1) is 13.8 Å². The van der Waals surface area contributed by atoms with Crippen molar-refractivity contribution >= 4 is 17.5 Å². The standard InChI is InChI=1S/C22H27N3O4/c1-14-6-5-7-18(15(14)2)24-22(27)12-25(4)11-21(26)23-16(3)17-8-9-19-20(10-17)29-13-28-19/h5-10,16H,11-13H2,1-4H3,(H,23,26)(H,24,27)/t16-/m1/s1. The molecular weight excluding hydrogens is 370 g/mol. The summed E-state index contributed by atoms with van der Waals surface area (Å²) in [4.78, 5) is 26.4. The van der Waals surface area contributed by atoms with Crippen LogP contribution in [0.25, 0.3) is 0 Å². The van der Waals surface area contributed by atoms with Crippen molar-refractivity contribution in [2.75, 3.05) is 32.2 Å². The second-order valence-corrected chi connectivity index (χ2v) is 7.37. The lowest BCUT2D eigenvalue weighted by Crippen LogP contribution is -2.39. The maximum absolute atomic E-state index is 12.4. The zero-order chi connectivity index (χ0) is 21.0. The average molecular weight is 397 g/mol. The Kier molecular flexibility index (Phi) is 6.39. The lowest BCUT2D eigenvalue weighted by atomic mass is 10.1. The highest BCUT2D eigenvalue weighted by molar-refractivity contribution is 5.93. The van der Waals surface area contributed by atoms with Crippen LogP contribution < -0.4 is 20.1 Å². The Morgan fingerprint density at radius 2 is 1.79 bits per heavy atom. The molecule has 0 bridgehead atoms. The van der Waals surface area contributed by atoms with Gasteiger partial charge in [0.2, 0.25) is 18.6 Å². The van der Waals surface area contributed by atoms with Gasteiger partial charge in [-0.05, 0) is 62.7 Å². The molecule has 0 saturated carbocycles. The van der Waals surface area contributed by atoms with Crippen molar-refractivity contribution in [3.05, 3.63) is 53.1 Å². The Morgan fingerprint density at radius 1 is 1.07 bits per heavy atom. The fraction of sp³-hybridized carbons (Fsp3) is 0.364. The molecule has 2 N–H and O–H groups in total. The van der Waals surface area contributed by atoms with Gasteiger partial charge in [0.25, 0.3) is 0 Å². The molecule has 1 aliphatic rings. The van der Waals surface area contributed by atoms with E-state index in [9.17, 15) is 9.59 Å². The van der Waals surface area contributed by atoms with Gasteiger partial charge in [-0.25, -0.2) is 0 Å². The molecule has 0 aromatic heterocycles. The molecular formula is C22H27N3O4. The van der Waals surface area contributed by atoms with Crippen LogP contribution in [0.3, 0.4) is 0 Å². The third kappa shape index (κ3) is 5.26. The highest BCUT2D eigenvalue weighted by Gasteiger charge is 2.18. The summed E-state index contributed by atoms with van der Waals surface area (Å²) in [5, 5.41) is 5.86. The van der Waals surface area contributed by atoms with Gasteiger partial charge in [-0.2, -0.15) is 0 Å².